The van der Waals surface area contributed by atoms with Gasteiger partial charge in [-0.2, -0.15) is 0 Å². The van der Waals surface area contributed by atoms with Gasteiger partial charge in [-0.15, -0.1) is 6.58 Å². The minimum atomic E-state index is -0.840. The van der Waals surface area contributed by atoms with Crippen LogP contribution in [0.3, 0.4) is 0 Å². The average Bonchev–Trinajstić information content (AvgIpc) is 3.07. The molecule has 4 atom stereocenters. The van der Waals surface area contributed by atoms with Gasteiger partial charge in [0.25, 0.3) is 5.91 Å². The Labute approximate surface area is 137 Å². The van der Waals surface area contributed by atoms with Gasteiger partial charge in [0, 0.05) is 12.8 Å². The summed E-state index contributed by atoms with van der Waals surface area (Å²) in [5, 5.41) is 19.9. The highest BCUT2D eigenvalue weighted by Crippen LogP contribution is 2.39. The minimum Gasteiger partial charge on any atom is -0.396 e. The van der Waals surface area contributed by atoms with Crippen LogP contribution in [0.1, 0.15) is 23.0 Å². The number of anilines is 1. The number of rotatable bonds is 5. The highest BCUT2D eigenvalue weighted by atomic mass is 16.5. The van der Waals surface area contributed by atoms with Gasteiger partial charge in [0.1, 0.15) is 24.0 Å². The van der Waals surface area contributed by atoms with Gasteiger partial charge >= 0.3 is 0 Å². The fourth-order valence-electron chi connectivity index (χ4n) is 3.13. The van der Waals surface area contributed by atoms with Crippen molar-refractivity contribution >= 4 is 22.8 Å². The minimum absolute atomic E-state index is 0.119. The van der Waals surface area contributed by atoms with Gasteiger partial charge in [0.05, 0.1) is 29.1 Å². The molecule has 0 saturated carbocycles. The number of amides is 1. The lowest BCUT2D eigenvalue weighted by atomic mass is 9.98. The number of carbonyl (C=O) groups is 1. The summed E-state index contributed by atoms with van der Waals surface area (Å²) in [5.74, 6) is -0.983. The lowest BCUT2D eigenvalue weighted by molar-refractivity contribution is -0.0288. The molecule has 0 unspecified atom stereocenters. The van der Waals surface area contributed by atoms with Crippen molar-refractivity contribution in [3.8, 4) is 0 Å². The molecule has 0 spiro atoms. The zero-order valence-electron chi connectivity index (χ0n) is 12.9. The second-order valence-electron chi connectivity index (χ2n) is 5.65. The third-order valence-corrected chi connectivity index (χ3v) is 4.28. The number of fused-ring (bicyclic) bond motifs is 1. The van der Waals surface area contributed by atoms with Gasteiger partial charge in [0.15, 0.2) is 0 Å². The topological polar surface area (TPSA) is 150 Å². The van der Waals surface area contributed by atoms with Crippen molar-refractivity contribution in [1.29, 1.82) is 0 Å². The molecule has 2 aromatic rings. The Morgan fingerprint density at radius 2 is 2.25 bits per heavy atom. The Kier molecular flexibility index (Phi) is 4.22. The normalized spacial score (nSPS) is 26.8. The molecule has 1 aliphatic rings. The Morgan fingerprint density at radius 3 is 2.88 bits per heavy atom. The number of nitrogen functional groups attached to an aromatic ring is 1. The van der Waals surface area contributed by atoms with Crippen LogP contribution in [0.25, 0.3) is 11.0 Å². The molecule has 6 N–H and O–H groups in total. The number of aliphatic hydroxyl groups is 2. The second-order valence-corrected chi connectivity index (χ2v) is 5.65. The summed E-state index contributed by atoms with van der Waals surface area (Å²) in [6.45, 7) is 3.62. The molecule has 128 valence electrons. The van der Waals surface area contributed by atoms with E-state index in [1.165, 1.54) is 12.5 Å². The van der Waals surface area contributed by atoms with E-state index in [9.17, 15) is 9.90 Å². The summed E-state index contributed by atoms with van der Waals surface area (Å²) in [5.41, 5.74) is 11.8. The highest BCUT2D eigenvalue weighted by Gasteiger charge is 2.43. The number of primary amides is 1. The van der Waals surface area contributed by atoms with Crippen LogP contribution >= 0.6 is 0 Å². The summed E-state index contributed by atoms with van der Waals surface area (Å²) < 4.78 is 7.47. The molecule has 3 rings (SSSR count). The Bertz CT molecular complexity index is 790. The van der Waals surface area contributed by atoms with Gasteiger partial charge in [0.2, 0.25) is 0 Å². The first-order chi connectivity index (χ1) is 11.5. The Hall–Kier alpha value is -2.49. The first-order valence-electron chi connectivity index (χ1n) is 7.47. The first-order valence-corrected chi connectivity index (χ1v) is 7.47. The monoisotopic (exact) mass is 333 g/mol. The summed E-state index contributed by atoms with van der Waals surface area (Å²) in [6, 6.07) is 0. The van der Waals surface area contributed by atoms with Crippen LogP contribution in [0.15, 0.2) is 25.2 Å². The van der Waals surface area contributed by atoms with Crippen molar-refractivity contribution in [3.05, 3.63) is 30.7 Å². The molecule has 9 heteroatoms. The molecule has 0 aliphatic carbocycles. The predicted octanol–water partition coefficient (Wildman–Crippen LogP) is -0.445. The molecular formula is C15H19N5O4. The number of carbonyl (C=O) groups excluding carboxylic acids is 1. The zero-order valence-corrected chi connectivity index (χ0v) is 12.9. The van der Waals surface area contributed by atoms with Crippen molar-refractivity contribution in [2.24, 2.45) is 11.7 Å². The lowest BCUT2D eigenvalue weighted by Gasteiger charge is -2.18. The highest BCUT2D eigenvalue weighted by molar-refractivity contribution is 6.08. The van der Waals surface area contributed by atoms with E-state index in [0.717, 1.165) is 0 Å². The largest absolute Gasteiger partial charge is 0.396 e. The number of hydrogen-bond acceptors (Lipinski definition) is 7. The Balaban J connectivity index is 2.14. The SMILES string of the molecule is C=C[C@@H]1[C@H](O)[C@@H](CCO)O[C@H]1n1cc(C(N)=O)c2c(N)ncnc21. The summed E-state index contributed by atoms with van der Waals surface area (Å²) in [7, 11) is 0. The molecule has 1 saturated heterocycles. The van der Waals surface area contributed by atoms with E-state index in [4.69, 9.17) is 21.3 Å². The molecular weight excluding hydrogens is 314 g/mol. The number of nitrogens with two attached hydrogens (primary N) is 2. The van der Waals surface area contributed by atoms with Crippen molar-refractivity contribution in [2.75, 3.05) is 12.3 Å². The van der Waals surface area contributed by atoms with Gasteiger partial charge in [-0.05, 0) is 6.42 Å². The molecule has 2 aromatic heterocycles. The van der Waals surface area contributed by atoms with Crippen LogP contribution < -0.4 is 11.5 Å². The van der Waals surface area contributed by atoms with Gasteiger partial charge in [-0.25, -0.2) is 9.97 Å². The maximum absolute atomic E-state index is 11.7. The number of aliphatic hydroxyl groups excluding tert-OH is 2. The quantitative estimate of drug-likeness (QED) is 0.541. The van der Waals surface area contributed by atoms with Crippen LogP contribution in [0.5, 0.6) is 0 Å². The number of hydrogen-bond donors (Lipinski definition) is 4. The molecule has 1 aliphatic heterocycles. The standard InChI is InChI=1S/C15H19N5O4/c1-2-7-11(22)9(3-4-21)24-15(7)20-5-8(13(17)23)10-12(16)18-6-19-14(10)20/h2,5-7,9,11,15,21-22H,1,3-4H2,(H2,17,23)(H2,16,18,19)/t7-,9-,11+,15-/m1/s1. The maximum atomic E-state index is 11.7. The fourth-order valence-corrected chi connectivity index (χ4v) is 3.13. The maximum Gasteiger partial charge on any atom is 0.251 e. The molecule has 24 heavy (non-hydrogen) atoms. The molecule has 0 aromatic carbocycles. The predicted molar refractivity (Wildman–Crippen MR) is 85.8 cm³/mol. The van der Waals surface area contributed by atoms with E-state index in [1.54, 1.807) is 10.6 Å². The van der Waals surface area contributed by atoms with Gasteiger partial charge < -0.3 is 31.0 Å². The summed E-state index contributed by atoms with van der Waals surface area (Å²) in [6.07, 6.45) is 2.57. The molecule has 3 heterocycles. The molecule has 9 nitrogen and oxygen atoms in total. The summed E-state index contributed by atoms with van der Waals surface area (Å²) in [4.78, 5) is 19.8. The van der Waals surface area contributed by atoms with Crippen LogP contribution in [-0.4, -0.2) is 49.5 Å². The van der Waals surface area contributed by atoms with E-state index in [0.29, 0.717) is 11.0 Å². The Morgan fingerprint density at radius 1 is 1.50 bits per heavy atom. The average molecular weight is 333 g/mol. The zero-order chi connectivity index (χ0) is 17.4. The smallest absolute Gasteiger partial charge is 0.251 e. The van der Waals surface area contributed by atoms with Crippen LogP contribution in [-0.2, 0) is 4.74 Å². The molecule has 1 amide bonds. The molecule has 1 fully saturated rings. The lowest BCUT2D eigenvalue weighted by Crippen LogP contribution is -2.26. The third kappa shape index (κ3) is 2.42. The first kappa shape index (κ1) is 16.4. The van der Waals surface area contributed by atoms with Gasteiger partial charge in [-0.1, -0.05) is 6.08 Å². The van der Waals surface area contributed by atoms with Crippen molar-refractivity contribution in [3.63, 3.8) is 0 Å². The third-order valence-electron chi connectivity index (χ3n) is 4.28. The number of ether oxygens (including phenoxy) is 1. The van der Waals surface area contributed by atoms with E-state index in [1.807, 2.05) is 0 Å². The number of aromatic nitrogens is 3. The van der Waals surface area contributed by atoms with Crippen LogP contribution in [0.2, 0.25) is 0 Å². The van der Waals surface area contributed by atoms with E-state index >= 15 is 0 Å². The van der Waals surface area contributed by atoms with E-state index in [-0.39, 0.29) is 24.4 Å². The van der Waals surface area contributed by atoms with Crippen LogP contribution in [0, 0.1) is 5.92 Å². The number of nitrogens with zero attached hydrogens (tertiary/aromatic N) is 3. The fraction of sp³-hybridized carbons (Fsp3) is 0.400. The van der Waals surface area contributed by atoms with Crippen molar-refractivity contribution in [2.45, 2.75) is 24.9 Å². The van der Waals surface area contributed by atoms with Crippen molar-refractivity contribution in [1.82, 2.24) is 14.5 Å². The molecule has 0 radical (unpaired) electrons. The molecule has 0 bridgehead atoms. The van der Waals surface area contributed by atoms with Crippen LogP contribution in [0.4, 0.5) is 5.82 Å². The van der Waals surface area contributed by atoms with E-state index < -0.39 is 30.3 Å². The van der Waals surface area contributed by atoms with E-state index in [2.05, 4.69) is 16.5 Å². The van der Waals surface area contributed by atoms with Crippen molar-refractivity contribution < 1.29 is 19.7 Å². The summed E-state index contributed by atoms with van der Waals surface area (Å²) >= 11 is 0. The second kappa shape index (κ2) is 6.19. The van der Waals surface area contributed by atoms with Gasteiger partial charge in [-0.3, -0.25) is 4.79 Å².